The monoisotopic (exact) mass is 409 g/mol. The normalized spacial score (nSPS) is 15.0. The average Bonchev–Trinajstić information content (AvgIpc) is 2.63. The van der Waals surface area contributed by atoms with Crippen molar-refractivity contribution in [1.82, 2.24) is 0 Å². The lowest BCUT2D eigenvalue weighted by Gasteiger charge is -2.47. The zero-order valence-electron chi connectivity index (χ0n) is 18.5. The van der Waals surface area contributed by atoms with E-state index in [1.54, 1.807) is 41.5 Å². The SMILES string of the molecule is CC(C)(C)C(C(=O)O)C(N=C(c1ccccc1)c1ccccc1)(C(=O)O)C(C)(C)C. The van der Waals surface area contributed by atoms with Crippen molar-refractivity contribution >= 4 is 17.7 Å². The number of carboxylic acids is 2. The summed E-state index contributed by atoms with van der Waals surface area (Å²) in [7, 11) is 0. The van der Waals surface area contributed by atoms with Crippen LogP contribution in [0.1, 0.15) is 52.7 Å². The third-order valence-corrected chi connectivity index (χ3v) is 5.38. The van der Waals surface area contributed by atoms with Crippen molar-refractivity contribution in [2.75, 3.05) is 0 Å². The lowest BCUT2D eigenvalue weighted by Crippen LogP contribution is -2.60. The topological polar surface area (TPSA) is 87.0 Å². The Labute approximate surface area is 178 Å². The van der Waals surface area contributed by atoms with Gasteiger partial charge in [-0.15, -0.1) is 0 Å². The van der Waals surface area contributed by atoms with E-state index in [2.05, 4.69) is 0 Å². The van der Waals surface area contributed by atoms with Gasteiger partial charge in [0.2, 0.25) is 0 Å². The first-order valence-electron chi connectivity index (χ1n) is 9.99. The number of carbonyl (C=O) groups is 2. The number of aliphatic carboxylic acids is 2. The minimum absolute atomic E-state index is 0.462. The molecule has 0 aromatic heterocycles. The molecule has 0 fully saturated rings. The quantitative estimate of drug-likeness (QED) is 0.647. The fourth-order valence-electron chi connectivity index (χ4n) is 4.00. The summed E-state index contributed by atoms with van der Waals surface area (Å²) in [5.41, 5.74) is -1.81. The third kappa shape index (κ3) is 4.45. The van der Waals surface area contributed by atoms with Crippen molar-refractivity contribution in [1.29, 1.82) is 0 Å². The molecule has 0 spiro atoms. The molecule has 2 unspecified atom stereocenters. The molecular formula is C25H31NO4. The maximum Gasteiger partial charge on any atom is 0.333 e. The Morgan fingerprint density at radius 2 is 1.17 bits per heavy atom. The van der Waals surface area contributed by atoms with Crippen molar-refractivity contribution in [3.05, 3.63) is 71.8 Å². The highest BCUT2D eigenvalue weighted by Gasteiger charge is 2.61. The molecule has 0 aliphatic heterocycles. The fourth-order valence-corrected chi connectivity index (χ4v) is 4.00. The lowest BCUT2D eigenvalue weighted by molar-refractivity contribution is -0.166. The number of carboxylic acid groups (broad SMARTS) is 2. The zero-order valence-corrected chi connectivity index (χ0v) is 18.5. The van der Waals surface area contributed by atoms with E-state index in [1.165, 1.54) is 0 Å². The van der Waals surface area contributed by atoms with Gasteiger partial charge in [0.1, 0.15) is 0 Å². The van der Waals surface area contributed by atoms with E-state index in [4.69, 9.17) is 4.99 Å². The molecule has 5 nitrogen and oxygen atoms in total. The summed E-state index contributed by atoms with van der Waals surface area (Å²) in [5, 5.41) is 20.7. The zero-order chi connectivity index (χ0) is 22.7. The molecule has 0 amide bonds. The van der Waals surface area contributed by atoms with Crippen molar-refractivity contribution in [2.45, 2.75) is 47.1 Å². The van der Waals surface area contributed by atoms with Crippen LogP contribution >= 0.6 is 0 Å². The second-order valence-corrected chi connectivity index (χ2v) is 9.65. The van der Waals surface area contributed by atoms with E-state index in [1.807, 2.05) is 60.7 Å². The molecule has 0 saturated heterocycles. The summed E-state index contributed by atoms with van der Waals surface area (Å²) in [6, 6.07) is 18.6. The smallest absolute Gasteiger partial charge is 0.333 e. The summed E-state index contributed by atoms with van der Waals surface area (Å²) in [6.45, 7) is 10.4. The Bertz CT molecular complexity index is 880. The third-order valence-electron chi connectivity index (χ3n) is 5.38. The van der Waals surface area contributed by atoms with Crippen LogP contribution in [-0.2, 0) is 9.59 Å². The molecule has 0 saturated carbocycles. The molecule has 2 N–H and O–H groups in total. The van der Waals surface area contributed by atoms with E-state index in [9.17, 15) is 19.8 Å². The van der Waals surface area contributed by atoms with Crippen LogP contribution < -0.4 is 0 Å². The molecule has 2 aromatic carbocycles. The van der Waals surface area contributed by atoms with Gasteiger partial charge in [-0.05, 0) is 10.8 Å². The number of nitrogens with zero attached hydrogens (tertiary/aromatic N) is 1. The van der Waals surface area contributed by atoms with Crippen molar-refractivity contribution < 1.29 is 19.8 Å². The van der Waals surface area contributed by atoms with Crippen LogP contribution in [0.15, 0.2) is 65.7 Å². The van der Waals surface area contributed by atoms with Crippen molar-refractivity contribution in [3.8, 4) is 0 Å². The molecule has 2 rings (SSSR count). The molecule has 0 heterocycles. The Hall–Kier alpha value is -2.95. The predicted octanol–water partition coefficient (Wildman–Crippen LogP) is 5.14. The molecule has 0 aliphatic rings. The molecule has 160 valence electrons. The summed E-state index contributed by atoms with van der Waals surface area (Å²) in [5.74, 6) is -3.68. The number of benzene rings is 2. The van der Waals surface area contributed by atoms with Crippen LogP contribution in [0, 0.1) is 16.7 Å². The first-order valence-corrected chi connectivity index (χ1v) is 9.99. The molecule has 5 heteroatoms. The Morgan fingerprint density at radius 3 is 1.43 bits per heavy atom. The maximum atomic E-state index is 12.9. The second kappa shape index (κ2) is 8.42. The highest BCUT2D eigenvalue weighted by Crippen LogP contribution is 2.48. The van der Waals surface area contributed by atoms with Gasteiger partial charge in [-0.3, -0.25) is 9.79 Å². The van der Waals surface area contributed by atoms with E-state index in [0.29, 0.717) is 5.71 Å². The van der Waals surface area contributed by atoms with Gasteiger partial charge in [0, 0.05) is 11.1 Å². The van der Waals surface area contributed by atoms with Gasteiger partial charge in [-0.2, -0.15) is 0 Å². The number of rotatable bonds is 6. The summed E-state index contributed by atoms with van der Waals surface area (Å²) < 4.78 is 0. The van der Waals surface area contributed by atoms with Gasteiger partial charge in [0.05, 0.1) is 11.6 Å². The summed E-state index contributed by atoms with van der Waals surface area (Å²) >= 11 is 0. The van der Waals surface area contributed by atoms with Crippen LogP contribution in [0.4, 0.5) is 0 Å². The highest BCUT2D eigenvalue weighted by molar-refractivity contribution is 6.14. The van der Waals surface area contributed by atoms with E-state index >= 15 is 0 Å². The Balaban J connectivity index is 2.99. The molecule has 0 bridgehead atoms. The van der Waals surface area contributed by atoms with Gasteiger partial charge in [0.15, 0.2) is 5.54 Å². The highest BCUT2D eigenvalue weighted by atomic mass is 16.4. The molecular weight excluding hydrogens is 378 g/mol. The molecule has 2 atom stereocenters. The van der Waals surface area contributed by atoms with Gasteiger partial charge >= 0.3 is 11.9 Å². The van der Waals surface area contributed by atoms with E-state index in [-0.39, 0.29) is 0 Å². The Morgan fingerprint density at radius 1 is 0.767 bits per heavy atom. The Kier molecular flexibility index (Phi) is 6.55. The summed E-state index contributed by atoms with van der Waals surface area (Å²) in [4.78, 5) is 30.2. The largest absolute Gasteiger partial charge is 0.481 e. The minimum atomic E-state index is -1.90. The molecule has 2 aromatic rings. The first-order chi connectivity index (χ1) is 13.8. The van der Waals surface area contributed by atoms with Gasteiger partial charge < -0.3 is 10.2 Å². The predicted molar refractivity (Wildman–Crippen MR) is 119 cm³/mol. The van der Waals surface area contributed by atoms with Crippen LogP contribution in [0.5, 0.6) is 0 Å². The average molecular weight is 410 g/mol. The van der Waals surface area contributed by atoms with Gasteiger partial charge in [-0.25, -0.2) is 4.79 Å². The lowest BCUT2D eigenvalue weighted by atomic mass is 9.59. The fraction of sp³-hybridized carbons (Fsp3) is 0.400. The first kappa shape index (κ1) is 23.3. The second-order valence-electron chi connectivity index (χ2n) is 9.65. The van der Waals surface area contributed by atoms with Crippen LogP contribution in [0.3, 0.4) is 0 Å². The van der Waals surface area contributed by atoms with Gasteiger partial charge in [-0.1, -0.05) is 102 Å². The van der Waals surface area contributed by atoms with E-state index in [0.717, 1.165) is 11.1 Å². The van der Waals surface area contributed by atoms with Crippen LogP contribution in [0.2, 0.25) is 0 Å². The van der Waals surface area contributed by atoms with Gasteiger partial charge in [0.25, 0.3) is 0 Å². The number of aliphatic imine (C=N–C) groups is 1. The molecule has 0 radical (unpaired) electrons. The standard InChI is InChI=1S/C25H31NO4/c1-23(2,3)20(21(27)28)25(22(29)30,24(4,5)6)26-19(17-13-9-7-10-14-17)18-15-11-8-12-16-18/h7-16,20H,1-6H3,(H,27,28)(H,29,30). The van der Waals surface area contributed by atoms with E-state index < -0.39 is 34.2 Å². The van der Waals surface area contributed by atoms with Crippen molar-refractivity contribution in [3.63, 3.8) is 0 Å². The van der Waals surface area contributed by atoms with Crippen LogP contribution in [-0.4, -0.2) is 33.4 Å². The molecule has 0 aliphatic carbocycles. The maximum absolute atomic E-state index is 12.9. The summed E-state index contributed by atoms with van der Waals surface area (Å²) in [6.07, 6.45) is 0. The molecule has 30 heavy (non-hydrogen) atoms. The van der Waals surface area contributed by atoms with Crippen molar-refractivity contribution in [2.24, 2.45) is 21.7 Å². The number of hydrogen-bond acceptors (Lipinski definition) is 3. The van der Waals surface area contributed by atoms with Crippen LogP contribution in [0.25, 0.3) is 0 Å². The minimum Gasteiger partial charge on any atom is -0.481 e. The number of hydrogen-bond donors (Lipinski definition) is 2.